The van der Waals surface area contributed by atoms with Gasteiger partial charge >= 0.3 is 5.97 Å². The zero-order valence-corrected chi connectivity index (χ0v) is 17.2. The van der Waals surface area contributed by atoms with E-state index in [1.165, 1.54) is 7.11 Å². The molecule has 152 valence electrons. The van der Waals surface area contributed by atoms with Crippen molar-refractivity contribution < 1.29 is 14.3 Å². The number of esters is 1. The third-order valence-electron chi connectivity index (χ3n) is 5.15. The van der Waals surface area contributed by atoms with Crippen molar-refractivity contribution in [2.24, 2.45) is 0 Å². The highest BCUT2D eigenvalue weighted by Crippen LogP contribution is 2.34. The first kappa shape index (κ1) is 19.9. The molecule has 5 heteroatoms. The fourth-order valence-electron chi connectivity index (χ4n) is 3.72. The van der Waals surface area contributed by atoms with Crippen LogP contribution >= 0.6 is 0 Å². The molecule has 0 radical (unpaired) electrons. The number of benzene rings is 3. The first-order chi connectivity index (χ1) is 14.7. The molecular formula is C25H24N2O3. The number of imidazole rings is 1. The first-order valence-electron chi connectivity index (χ1n) is 9.95. The normalized spacial score (nSPS) is 11.0. The second-order valence-corrected chi connectivity index (χ2v) is 7.04. The molecular weight excluding hydrogens is 376 g/mol. The maximum Gasteiger partial charge on any atom is 0.337 e. The summed E-state index contributed by atoms with van der Waals surface area (Å²) in [4.78, 5) is 16.9. The van der Waals surface area contributed by atoms with E-state index >= 15 is 0 Å². The van der Waals surface area contributed by atoms with Crippen molar-refractivity contribution >= 4 is 17.0 Å². The standard InChI is InChI=1S/C25H24N2O3/c1-29-16-8-15-27-23-14-13-19(25(28)30-2)17-22(23)26-24(27)21-12-7-6-11-20(21)18-9-4-3-5-10-18/h3-7,9-14,17H,8,15-16H2,1-2H3. The molecule has 4 rings (SSSR count). The Kier molecular flexibility index (Phi) is 5.91. The topological polar surface area (TPSA) is 53.4 Å². The number of methoxy groups -OCH3 is 2. The van der Waals surface area contributed by atoms with Gasteiger partial charge in [0.25, 0.3) is 0 Å². The van der Waals surface area contributed by atoms with Gasteiger partial charge < -0.3 is 14.0 Å². The zero-order chi connectivity index (χ0) is 20.9. The molecule has 3 aromatic carbocycles. The number of carbonyl (C=O) groups excluding carboxylic acids is 1. The van der Waals surface area contributed by atoms with Gasteiger partial charge in [0.05, 0.1) is 23.7 Å². The quantitative estimate of drug-likeness (QED) is 0.316. The lowest BCUT2D eigenvalue weighted by molar-refractivity contribution is 0.0601. The van der Waals surface area contributed by atoms with E-state index in [0.717, 1.165) is 46.5 Å². The second-order valence-electron chi connectivity index (χ2n) is 7.04. The molecule has 0 unspecified atom stereocenters. The van der Waals surface area contributed by atoms with Crippen molar-refractivity contribution in [3.8, 4) is 22.5 Å². The molecule has 30 heavy (non-hydrogen) atoms. The van der Waals surface area contributed by atoms with Crippen LogP contribution in [0.3, 0.4) is 0 Å². The minimum atomic E-state index is -0.364. The Morgan fingerprint density at radius 3 is 2.40 bits per heavy atom. The fourth-order valence-corrected chi connectivity index (χ4v) is 3.72. The van der Waals surface area contributed by atoms with E-state index in [1.807, 2.05) is 36.4 Å². The van der Waals surface area contributed by atoms with Gasteiger partial charge in [-0.3, -0.25) is 0 Å². The van der Waals surface area contributed by atoms with Crippen molar-refractivity contribution in [2.45, 2.75) is 13.0 Å². The summed E-state index contributed by atoms with van der Waals surface area (Å²) in [5.74, 6) is 0.514. The molecule has 0 amide bonds. The molecule has 4 aromatic rings. The average Bonchev–Trinajstić information content (AvgIpc) is 3.17. The van der Waals surface area contributed by atoms with E-state index in [9.17, 15) is 4.79 Å². The van der Waals surface area contributed by atoms with Gasteiger partial charge in [-0.1, -0.05) is 54.6 Å². The van der Waals surface area contributed by atoms with Gasteiger partial charge in [0.2, 0.25) is 0 Å². The molecule has 0 N–H and O–H groups in total. The summed E-state index contributed by atoms with van der Waals surface area (Å²) in [6, 6.07) is 24.1. The van der Waals surface area contributed by atoms with Crippen molar-refractivity contribution in [1.29, 1.82) is 0 Å². The zero-order valence-electron chi connectivity index (χ0n) is 17.2. The Morgan fingerprint density at radius 1 is 0.933 bits per heavy atom. The molecule has 0 atom stereocenters. The van der Waals surface area contributed by atoms with Crippen LogP contribution in [0.25, 0.3) is 33.5 Å². The Bertz CT molecular complexity index is 1170. The van der Waals surface area contributed by atoms with Crippen LogP contribution in [0.1, 0.15) is 16.8 Å². The van der Waals surface area contributed by atoms with Crippen molar-refractivity contribution in [3.63, 3.8) is 0 Å². The highest BCUT2D eigenvalue weighted by atomic mass is 16.5. The Labute approximate surface area is 175 Å². The lowest BCUT2D eigenvalue weighted by atomic mass is 9.99. The van der Waals surface area contributed by atoms with Crippen LogP contribution in [-0.4, -0.2) is 36.3 Å². The maximum absolute atomic E-state index is 12.0. The Morgan fingerprint density at radius 2 is 1.67 bits per heavy atom. The van der Waals surface area contributed by atoms with Crippen LogP contribution in [0.2, 0.25) is 0 Å². The number of aromatic nitrogens is 2. The monoisotopic (exact) mass is 400 g/mol. The molecule has 1 heterocycles. The summed E-state index contributed by atoms with van der Waals surface area (Å²) in [5.41, 5.74) is 5.56. The van der Waals surface area contributed by atoms with Crippen LogP contribution < -0.4 is 0 Å². The Balaban J connectivity index is 1.89. The number of hydrogen-bond donors (Lipinski definition) is 0. The van der Waals surface area contributed by atoms with Crippen LogP contribution in [0.4, 0.5) is 0 Å². The van der Waals surface area contributed by atoms with Gasteiger partial charge in [-0.2, -0.15) is 0 Å². The summed E-state index contributed by atoms with van der Waals surface area (Å²) in [6.07, 6.45) is 0.862. The third kappa shape index (κ3) is 3.84. The molecule has 5 nitrogen and oxygen atoms in total. The second kappa shape index (κ2) is 8.93. The van der Waals surface area contributed by atoms with Gasteiger partial charge in [-0.05, 0) is 35.7 Å². The van der Waals surface area contributed by atoms with Crippen molar-refractivity contribution in [2.75, 3.05) is 20.8 Å². The lowest BCUT2D eigenvalue weighted by Crippen LogP contribution is -2.04. The summed E-state index contributed by atoms with van der Waals surface area (Å²) < 4.78 is 12.3. The summed E-state index contributed by atoms with van der Waals surface area (Å²) in [5, 5.41) is 0. The van der Waals surface area contributed by atoms with Gasteiger partial charge in [-0.25, -0.2) is 9.78 Å². The number of hydrogen-bond acceptors (Lipinski definition) is 4. The minimum Gasteiger partial charge on any atom is -0.465 e. The van der Waals surface area contributed by atoms with E-state index in [4.69, 9.17) is 14.5 Å². The van der Waals surface area contributed by atoms with Gasteiger partial charge in [-0.15, -0.1) is 0 Å². The molecule has 0 bridgehead atoms. The fraction of sp³-hybridized carbons (Fsp3) is 0.200. The minimum absolute atomic E-state index is 0.364. The first-order valence-corrected chi connectivity index (χ1v) is 9.95. The van der Waals surface area contributed by atoms with Gasteiger partial charge in [0, 0.05) is 25.8 Å². The number of carbonyl (C=O) groups is 1. The predicted octanol–water partition coefficient (Wildman–Crippen LogP) is 5.19. The van der Waals surface area contributed by atoms with Gasteiger partial charge in [0.1, 0.15) is 5.82 Å². The SMILES string of the molecule is COCCCn1c(-c2ccccc2-c2ccccc2)nc2cc(C(=O)OC)ccc21. The number of ether oxygens (including phenoxy) is 2. The number of nitrogens with zero attached hydrogens (tertiary/aromatic N) is 2. The smallest absolute Gasteiger partial charge is 0.337 e. The summed E-state index contributed by atoms with van der Waals surface area (Å²) >= 11 is 0. The average molecular weight is 400 g/mol. The van der Waals surface area contributed by atoms with Crippen molar-refractivity contribution in [3.05, 3.63) is 78.4 Å². The number of fused-ring (bicyclic) bond motifs is 1. The molecule has 0 saturated carbocycles. The molecule has 0 spiro atoms. The van der Waals surface area contributed by atoms with Crippen LogP contribution in [0.5, 0.6) is 0 Å². The highest BCUT2D eigenvalue weighted by Gasteiger charge is 2.17. The van der Waals surface area contributed by atoms with Crippen molar-refractivity contribution in [1.82, 2.24) is 9.55 Å². The molecule has 0 saturated heterocycles. The number of aryl methyl sites for hydroxylation is 1. The van der Waals surface area contributed by atoms with E-state index in [0.29, 0.717) is 12.2 Å². The largest absolute Gasteiger partial charge is 0.465 e. The van der Waals surface area contributed by atoms with E-state index in [2.05, 4.69) is 28.8 Å². The predicted molar refractivity (Wildman–Crippen MR) is 118 cm³/mol. The van der Waals surface area contributed by atoms with Crippen LogP contribution in [0.15, 0.2) is 72.8 Å². The molecule has 0 aliphatic rings. The molecule has 0 aliphatic heterocycles. The molecule has 1 aromatic heterocycles. The maximum atomic E-state index is 12.0. The third-order valence-corrected chi connectivity index (χ3v) is 5.15. The van der Waals surface area contributed by atoms with E-state index < -0.39 is 0 Å². The van der Waals surface area contributed by atoms with E-state index in [-0.39, 0.29) is 5.97 Å². The summed E-state index contributed by atoms with van der Waals surface area (Å²) in [7, 11) is 3.09. The number of rotatable bonds is 7. The lowest BCUT2D eigenvalue weighted by Gasteiger charge is -2.13. The van der Waals surface area contributed by atoms with E-state index in [1.54, 1.807) is 19.2 Å². The Hall–Kier alpha value is -3.44. The van der Waals surface area contributed by atoms with Crippen LogP contribution in [-0.2, 0) is 16.0 Å². The highest BCUT2D eigenvalue weighted by molar-refractivity contribution is 5.95. The summed E-state index contributed by atoms with van der Waals surface area (Å²) in [6.45, 7) is 1.43. The van der Waals surface area contributed by atoms with Crippen LogP contribution in [0, 0.1) is 0 Å². The molecule has 0 aliphatic carbocycles. The molecule has 0 fully saturated rings. The van der Waals surface area contributed by atoms with Gasteiger partial charge in [0.15, 0.2) is 0 Å².